The second-order valence-corrected chi connectivity index (χ2v) is 8.35. The Hall–Kier alpha value is -2.63. The molecule has 5 heteroatoms. The number of allylic oxidation sites excluding steroid dienone is 5. The summed E-state index contributed by atoms with van der Waals surface area (Å²) in [6.07, 6.45) is 13.0. The minimum Gasteiger partial charge on any atom is -0.497 e. The molecule has 0 N–H and O–H groups in total. The monoisotopic (exact) mass is 497 g/mol. The highest BCUT2D eigenvalue weighted by Crippen LogP contribution is 2.43. The number of fused-ring (bicyclic) bond motifs is 1. The van der Waals surface area contributed by atoms with Crippen molar-refractivity contribution in [1.29, 1.82) is 0 Å². The number of piperidine rings is 1. The van der Waals surface area contributed by atoms with Gasteiger partial charge in [0, 0.05) is 23.5 Å². The van der Waals surface area contributed by atoms with Gasteiger partial charge in [0.05, 0.1) is 7.11 Å². The maximum absolute atomic E-state index is 6.00. The normalized spacial score (nSPS) is 16.3. The van der Waals surface area contributed by atoms with E-state index < -0.39 is 0 Å². The summed E-state index contributed by atoms with van der Waals surface area (Å²) in [7, 11) is 1.66. The summed E-state index contributed by atoms with van der Waals surface area (Å²) in [5.74, 6) is 2.45. The summed E-state index contributed by atoms with van der Waals surface area (Å²) in [5, 5.41) is 0. The Morgan fingerprint density at radius 2 is 1.54 bits per heavy atom. The number of hydrogen-bond acceptors (Lipinski definition) is 5. The second kappa shape index (κ2) is 18.7. The van der Waals surface area contributed by atoms with Crippen molar-refractivity contribution in [2.24, 2.45) is 0 Å². The first kappa shape index (κ1) is 30.4. The molecule has 0 saturated carbocycles. The van der Waals surface area contributed by atoms with Gasteiger partial charge in [-0.2, -0.15) is 0 Å². The Labute approximate surface area is 217 Å². The maximum Gasteiger partial charge on any atom is 0.267 e. The van der Waals surface area contributed by atoms with Crippen LogP contribution in [0.3, 0.4) is 0 Å². The van der Waals surface area contributed by atoms with Crippen molar-refractivity contribution in [3.63, 3.8) is 0 Å². The average Bonchev–Trinajstić information content (AvgIpc) is 3.36. The molecule has 0 spiro atoms. The first-order valence-electron chi connectivity index (χ1n) is 12.7. The van der Waals surface area contributed by atoms with Crippen LogP contribution in [0, 0.1) is 0 Å². The molecule has 0 bridgehead atoms. The Morgan fingerprint density at radius 3 is 2.14 bits per heavy atom. The van der Waals surface area contributed by atoms with Gasteiger partial charge < -0.3 is 14.2 Å². The summed E-state index contributed by atoms with van der Waals surface area (Å²) in [5.41, 5.74) is 0.984. The summed E-state index contributed by atoms with van der Waals surface area (Å²) >= 11 is 1.81. The molecule has 2 aromatic rings. The molecular formula is C30H43NO3S. The third-order valence-electron chi connectivity index (χ3n) is 4.87. The molecule has 2 aromatic carbocycles. The van der Waals surface area contributed by atoms with E-state index in [1.54, 1.807) is 13.2 Å². The van der Waals surface area contributed by atoms with Crippen LogP contribution in [-0.2, 0) is 0 Å². The molecule has 1 saturated heterocycles. The molecule has 0 radical (unpaired) electrons. The van der Waals surface area contributed by atoms with Crippen LogP contribution in [0.2, 0.25) is 0 Å². The van der Waals surface area contributed by atoms with Gasteiger partial charge in [0.15, 0.2) is 11.5 Å². The minimum atomic E-state index is -0.388. The van der Waals surface area contributed by atoms with Gasteiger partial charge in [-0.3, -0.25) is 0 Å². The molecule has 1 atom stereocenters. The lowest BCUT2D eigenvalue weighted by Gasteiger charge is -2.24. The summed E-state index contributed by atoms with van der Waals surface area (Å²) in [6.45, 7) is 15.8. The van der Waals surface area contributed by atoms with E-state index in [-0.39, 0.29) is 6.29 Å². The van der Waals surface area contributed by atoms with Crippen molar-refractivity contribution in [3.8, 4) is 17.2 Å². The number of nitrogens with zero attached hydrogens (tertiary/aromatic N) is 1. The van der Waals surface area contributed by atoms with E-state index in [1.807, 2.05) is 101 Å². The highest BCUT2D eigenvalue weighted by atomic mass is 32.2. The number of rotatable bonds is 6. The number of methoxy groups -OCH3 is 1. The van der Waals surface area contributed by atoms with E-state index in [2.05, 4.69) is 23.0 Å². The Morgan fingerprint density at radius 1 is 0.886 bits per heavy atom. The molecular weight excluding hydrogens is 454 g/mol. The molecule has 2 heterocycles. The lowest BCUT2D eigenvalue weighted by molar-refractivity contribution is 0.0486. The third kappa shape index (κ3) is 10.7. The van der Waals surface area contributed by atoms with Crippen molar-refractivity contribution in [2.75, 3.05) is 20.2 Å². The second-order valence-electron chi connectivity index (χ2n) is 7.18. The van der Waals surface area contributed by atoms with E-state index in [0.717, 1.165) is 35.9 Å². The van der Waals surface area contributed by atoms with Gasteiger partial charge in [0.25, 0.3) is 6.29 Å². The van der Waals surface area contributed by atoms with Gasteiger partial charge in [0.1, 0.15) is 5.75 Å². The molecule has 0 amide bonds. The molecule has 0 aromatic heterocycles. The van der Waals surface area contributed by atoms with E-state index in [0.29, 0.717) is 0 Å². The van der Waals surface area contributed by atoms with Crippen LogP contribution < -0.4 is 14.2 Å². The fraction of sp³-hybridized carbons (Fsp3) is 0.400. The third-order valence-corrected chi connectivity index (χ3v) is 5.96. The Bertz CT molecular complexity index is 887. The van der Waals surface area contributed by atoms with Crippen molar-refractivity contribution in [3.05, 3.63) is 85.0 Å². The van der Waals surface area contributed by atoms with E-state index in [1.165, 1.54) is 24.2 Å². The molecule has 192 valence electrons. The average molecular weight is 498 g/mol. The van der Waals surface area contributed by atoms with Crippen LogP contribution in [0.4, 0.5) is 0 Å². The predicted octanol–water partition coefficient (Wildman–Crippen LogP) is 9.02. The smallest absolute Gasteiger partial charge is 0.267 e. The van der Waals surface area contributed by atoms with E-state index in [9.17, 15) is 0 Å². The summed E-state index contributed by atoms with van der Waals surface area (Å²) < 4.78 is 19.6. The summed E-state index contributed by atoms with van der Waals surface area (Å²) in [4.78, 5) is 1.20. The van der Waals surface area contributed by atoms with Crippen LogP contribution in [0.1, 0.15) is 65.7 Å². The maximum atomic E-state index is 6.00. The molecule has 4 nitrogen and oxygen atoms in total. The quantitative estimate of drug-likeness (QED) is 0.293. The molecule has 1 fully saturated rings. The first-order valence-corrected chi connectivity index (χ1v) is 13.5. The van der Waals surface area contributed by atoms with Gasteiger partial charge >= 0.3 is 0 Å². The Kier molecular flexibility index (Phi) is 16.2. The first-order chi connectivity index (χ1) is 17.2. The zero-order chi connectivity index (χ0) is 25.9. The zero-order valence-corrected chi connectivity index (χ0v) is 23.1. The van der Waals surface area contributed by atoms with Gasteiger partial charge in [-0.15, -0.1) is 0 Å². The van der Waals surface area contributed by atoms with Gasteiger partial charge in [-0.1, -0.05) is 71.1 Å². The Balaban J connectivity index is 0.000000478. The topological polar surface area (TPSA) is 30.9 Å². The van der Waals surface area contributed by atoms with Crippen molar-refractivity contribution in [2.45, 2.75) is 65.1 Å². The number of benzene rings is 2. The van der Waals surface area contributed by atoms with Gasteiger partial charge in [0.2, 0.25) is 0 Å². The van der Waals surface area contributed by atoms with Crippen LogP contribution in [0.25, 0.3) is 0 Å². The zero-order valence-electron chi connectivity index (χ0n) is 22.3. The fourth-order valence-electron chi connectivity index (χ4n) is 3.25. The fourth-order valence-corrected chi connectivity index (χ4v) is 4.27. The molecule has 35 heavy (non-hydrogen) atoms. The lowest BCUT2D eigenvalue weighted by atomic mass is 10.2. The predicted molar refractivity (Wildman–Crippen MR) is 152 cm³/mol. The van der Waals surface area contributed by atoms with Crippen molar-refractivity contribution < 1.29 is 14.2 Å². The van der Waals surface area contributed by atoms with Crippen LogP contribution >= 0.6 is 11.9 Å². The van der Waals surface area contributed by atoms with Crippen molar-refractivity contribution >= 4 is 11.9 Å². The largest absolute Gasteiger partial charge is 0.497 e. The molecule has 1 unspecified atom stereocenters. The highest BCUT2D eigenvalue weighted by molar-refractivity contribution is 7.97. The number of ether oxygens (including phenoxy) is 3. The van der Waals surface area contributed by atoms with Crippen LogP contribution in [0.5, 0.6) is 17.2 Å². The SMILES string of the molecule is C=C/C=C\C=C/C.CC.CC.COc1ccc(C2Oc3ccc(SN4CCCCC4)cc3O2)cc1. The molecule has 0 aliphatic carbocycles. The van der Waals surface area contributed by atoms with Crippen LogP contribution in [-0.4, -0.2) is 24.5 Å². The van der Waals surface area contributed by atoms with Gasteiger partial charge in [-0.25, -0.2) is 4.31 Å². The van der Waals surface area contributed by atoms with Crippen LogP contribution in [0.15, 0.2) is 84.3 Å². The summed E-state index contributed by atoms with van der Waals surface area (Å²) in [6, 6.07) is 14.0. The standard InChI is InChI=1S/C19H21NO3S.C7H10.2C2H6/c1-21-15-7-5-14(6-8-15)19-22-17-10-9-16(13-18(17)23-19)24-20-11-3-2-4-12-20;1-3-5-7-6-4-2;2*1-2/h5-10,13,19H,2-4,11-12H2,1H3;3-7H,1H2,2H3;2*1-2H3/b;6-4-,7-5-;;. The van der Waals surface area contributed by atoms with E-state index in [4.69, 9.17) is 14.2 Å². The molecule has 4 rings (SSSR count). The number of hydrogen-bond donors (Lipinski definition) is 0. The van der Waals surface area contributed by atoms with Gasteiger partial charge in [-0.05, 0) is 74.2 Å². The van der Waals surface area contributed by atoms with Crippen molar-refractivity contribution in [1.82, 2.24) is 4.31 Å². The molecule has 2 aliphatic rings. The minimum absolute atomic E-state index is 0.388. The lowest BCUT2D eigenvalue weighted by Crippen LogP contribution is -2.22. The van der Waals surface area contributed by atoms with E-state index >= 15 is 0 Å². The highest BCUT2D eigenvalue weighted by Gasteiger charge is 2.26. The molecule has 2 aliphatic heterocycles.